The molecule has 0 fully saturated rings. The van der Waals surface area contributed by atoms with Gasteiger partial charge in [0.15, 0.2) is 0 Å². The monoisotopic (exact) mass is 295 g/mol. The molecule has 0 radical (unpaired) electrons. The van der Waals surface area contributed by atoms with Gasteiger partial charge in [-0.1, -0.05) is 6.92 Å². The van der Waals surface area contributed by atoms with Crippen LogP contribution < -0.4 is 0 Å². The summed E-state index contributed by atoms with van der Waals surface area (Å²) >= 11 is 0. The van der Waals surface area contributed by atoms with Gasteiger partial charge in [0.1, 0.15) is 0 Å². The fourth-order valence-corrected chi connectivity index (χ4v) is 3.43. The predicted octanol–water partition coefficient (Wildman–Crippen LogP) is 1.02. The van der Waals surface area contributed by atoms with Gasteiger partial charge in [-0.3, -0.25) is 4.79 Å². The lowest BCUT2D eigenvalue weighted by Crippen LogP contribution is -2.41. The highest BCUT2D eigenvalue weighted by Gasteiger charge is 2.25. The summed E-state index contributed by atoms with van der Waals surface area (Å²) in [6.45, 7) is 4.51. The van der Waals surface area contributed by atoms with Crippen molar-refractivity contribution in [1.29, 1.82) is 0 Å². The van der Waals surface area contributed by atoms with Crippen molar-refractivity contribution < 1.29 is 22.7 Å². The van der Waals surface area contributed by atoms with Crippen molar-refractivity contribution in [1.82, 2.24) is 4.31 Å². The number of sulfonamides is 1. The van der Waals surface area contributed by atoms with Crippen molar-refractivity contribution >= 4 is 16.0 Å². The Hall–Kier alpha value is -0.660. The number of hydrogen-bond acceptors (Lipinski definition) is 5. The zero-order valence-corrected chi connectivity index (χ0v) is 13.0. The number of esters is 1. The van der Waals surface area contributed by atoms with E-state index in [-0.39, 0.29) is 30.6 Å². The molecular weight excluding hydrogens is 270 g/mol. The van der Waals surface area contributed by atoms with E-state index in [9.17, 15) is 13.2 Å². The molecule has 0 rings (SSSR count). The van der Waals surface area contributed by atoms with Crippen LogP contribution in [0.1, 0.15) is 33.1 Å². The van der Waals surface area contributed by atoms with Gasteiger partial charge < -0.3 is 9.47 Å². The topological polar surface area (TPSA) is 72.9 Å². The Morgan fingerprint density at radius 1 is 1.32 bits per heavy atom. The Bertz CT molecular complexity index is 355. The molecule has 0 N–H and O–H groups in total. The Kier molecular flexibility index (Phi) is 8.95. The molecule has 0 aromatic heterocycles. The minimum Gasteiger partial charge on any atom is -0.469 e. The zero-order chi connectivity index (χ0) is 14.9. The maximum atomic E-state index is 12.2. The summed E-state index contributed by atoms with van der Waals surface area (Å²) < 4.78 is 35.3. The molecule has 1 atom stereocenters. The van der Waals surface area contributed by atoms with Gasteiger partial charge in [0.05, 0.1) is 19.5 Å². The summed E-state index contributed by atoms with van der Waals surface area (Å²) in [6, 6.07) is -0.0710. The molecule has 114 valence electrons. The van der Waals surface area contributed by atoms with E-state index < -0.39 is 10.0 Å². The van der Waals surface area contributed by atoms with Crippen LogP contribution in [0.5, 0.6) is 0 Å². The number of carbonyl (C=O) groups is 1. The van der Waals surface area contributed by atoms with Gasteiger partial charge in [0, 0.05) is 26.1 Å². The number of carbonyl (C=O) groups excluding carboxylic acids is 1. The summed E-state index contributed by atoms with van der Waals surface area (Å²) in [5, 5.41) is 0. The van der Waals surface area contributed by atoms with Crippen LogP contribution in [0.3, 0.4) is 0 Å². The second-order valence-corrected chi connectivity index (χ2v) is 6.40. The highest BCUT2D eigenvalue weighted by molar-refractivity contribution is 7.89. The van der Waals surface area contributed by atoms with Crippen molar-refractivity contribution in [3.05, 3.63) is 0 Å². The van der Waals surface area contributed by atoms with E-state index in [0.29, 0.717) is 13.2 Å². The first kappa shape index (κ1) is 18.3. The lowest BCUT2D eigenvalue weighted by atomic mass is 10.3. The molecule has 0 bridgehead atoms. The maximum Gasteiger partial charge on any atom is 0.305 e. The zero-order valence-electron chi connectivity index (χ0n) is 12.2. The third-order valence-corrected chi connectivity index (χ3v) is 5.03. The molecular formula is C12H25NO5S. The second kappa shape index (κ2) is 9.28. The number of methoxy groups -OCH3 is 2. The molecule has 7 heteroatoms. The van der Waals surface area contributed by atoms with Crippen LogP contribution in [0.15, 0.2) is 0 Å². The Labute approximate surface area is 116 Å². The van der Waals surface area contributed by atoms with E-state index in [1.807, 2.05) is 13.8 Å². The fourth-order valence-electron chi connectivity index (χ4n) is 1.64. The maximum absolute atomic E-state index is 12.2. The highest BCUT2D eigenvalue weighted by atomic mass is 32.2. The average Bonchev–Trinajstić information content (AvgIpc) is 2.37. The van der Waals surface area contributed by atoms with E-state index in [1.54, 1.807) is 7.11 Å². The van der Waals surface area contributed by atoms with Crippen molar-refractivity contribution in [2.75, 3.05) is 33.1 Å². The van der Waals surface area contributed by atoms with Gasteiger partial charge in [-0.15, -0.1) is 0 Å². The van der Waals surface area contributed by atoms with Crippen LogP contribution in [0.4, 0.5) is 0 Å². The lowest BCUT2D eigenvalue weighted by Gasteiger charge is -2.27. The molecule has 0 aromatic rings. The third-order valence-electron chi connectivity index (χ3n) is 2.97. The van der Waals surface area contributed by atoms with Crippen LogP contribution in [0.25, 0.3) is 0 Å². The van der Waals surface area contributed by atoms with E-state index >= 15 is 0 Å². The van der Waals surface area contributed by atoms with Crippen LogP contribution in [-0.4, -0.2) is 57.9 Å². The SMILES string of the molecule is CCC(C)N(CCOC)S(=O)(=O)CCCC(=O)OC. The standard InChI is InChI=1S/C12H25NO5S/c1-5-11(2)13(8-9-17-3)19(15,16)10-6-7-12(14)18-4/h11H,5-10H2,1-4H3. The largest absolute Gasteiger partial charge is 0.469 e. The van der Waals surface area contributed by atoms with Crippen LogP contribution in [-0.2, 0) is 24.3 Å². The summed E-state index contributed by atoms with van der Waals surface area (Å²) in [5.41, 5.74) is 0. The molecule has 0 aromatic carbocycles. The van der Waals surface area contributed by atoms with E-state index in [2.05, 4.69) is 4.74 Å². The Morgan fingerprint density at radius 2 is 1.95 bits per heavy atom. The number of ether oxygens (including phenoxy) is 2. The third kappa shape index (κ3) is 6.89. The smallest absolute Gasteiger partial charge is 0.305 e. The summed E-state index contributed by atoms with van der Waals surface area (Å²) in [7, 11) is -0.531. The summed E-state index contributed by atoms with van der Waals surface area (Å²) in [6.07, 6.45) is 1.13. The van der Waals surface area contributed by atoms with E-state index in [1.165, 1.54) is 11.4 Å². The molecule has 0 aliphatic heterocycles. The van der Waals surface area contributed by atoms with Crippen LogP contribution in [0.2, 0.25) is 0 Å². The minimum atomic E-state index is -3.36. The average molecular weight is 295 g/mol. The van der Waals surface area contributed by atoms with Crippen molar-refractivity contribution in [3.8, 4) is 0 Å². The molecule has 0 aliphatic rings. The van der Waals surface area contributed by atoms with Crippen LogP contribution in [0, 0.1) is 0 Å². The number of rotatable bonds is 10. The van der Waals surface area contributed by atoms with Gasteiger partial charge in [-0.2, -0.15) is 4.31 Å². The second-order valence-electron chi connectivity index (χ2n) is 4.36. The van der Waals surface area contributed by atoms with Gasteiger partial charge >= 0.3 is 5.97 Å². The first-order valence-corrected chi connectivity index (χ1v) is 8.05. The van der Waals surface area contributed by atoms with Crippen LogP contribution >= 0.6 is 0 Å². The molecule has 0 aliphatic carbocycles. The fraction of sp³-hybridized carbons (Fsp3) is 0.917. The molecule has 0 heterocycles. The summed E-state index contributed by atoms with van der Waals surface area (Å²) in [5.74, 6) is -0.432. The van der Waals surface area contributed by atoms with E-state index in [4.69, 9.17) is 4.74 Å². The molecule has 19 heavy (non-hydrogen) atoms. The normalized spacial score (nSPS) is 13.5. The molecule has 0 saturated carbocycles. The Balaban J connectivity index is 4.55. The first-order chi connectivity index (χ1) is 8.88. The Morgan fingerprint density at radius 3 is 2.42 bits per heavy atom. The number of hydrogen-bond donors (Lipinski definition) is 0. The molecule has 0 amide bonds. The molecule has 6 nitrogen and oxygen atoms in total. The van der Waals surface area contributed by atoms with Crippen molar-refractivity contribution in [2.45, 2.75) is 39.2 Å². The van der Waals surface area contributed by atoms with Gasteiger partial charge in [-0.05, 0) is 19.8 Å². The molecule has 0 saturated heterocycles. The minimum absolute atomic E-state index is 0.0455. The molecule has 1 unspecified atom stereocenters. The first-order valence-electron chi connectivity index (χ1n) is 6.44. The van der Waals surface area contributed by atoms with Crippen molar-refractivity contribution in [3.63, 3.8) is 0 Å². The van der Waals surface area contributed by atoms with Gasteiger partial charge in [0.2, 0.25) is 10.0 Å². The van der Waals surface area contributed by atoms with Gasteiger partial charge in [0.25, 0.3) is 0 Å². The van der Waals surface area contributed by atoms with Crippen molar-refractivity contribution in [2.24, 2.45) is 0 Å². The summed E-state index contributed by atoms with van der Waals surface area (Å²) in [4.78, 5) is 11.0. The highest BCUT2D eigenvalue weighted by Crippen LogP contribution is 2.12. The predicted molar refractivity (Wildman–Crippen MR) is 73.4 cm³/mol. The lowest BCUT2D eigenvalue weighted by molar-refractivity contribution is -0.140. The number of nitrogens with zero attached hydrogens (tertiary/aromatic N) is 1. The quantitative estimate of drug-likeness (QED) is 0.563. The van der Waals surface area contributed by atoms with Gasteiger partial charge in [-0.25, -0.2) is 8.42 Å². The molecule has 0 spiro atoms. The van der Waals surface area contributed by atoms with E-state index in [0.717, 1.165) is 6.42 Å².